The predicted octanol–water partition coefficient (Wildman–Crippen LogP) is 4.38. The van der Waals surface area contributed by atoms with Crippen LogP contribution >= 0.6 is 12.4 Å². The molecule has 2 aromatic rings. The molecule has 124 valence electrons. The highest BCUT2D eigenvalue weighted by Gasteiger charge is 2.22. The van der Waals surface area contributed by atoms with Gasteiger partial charge in [0.15, 0.2) is 0 Å². The molecule has 0 radical (unpaired) electrons. The Kier molecular flexibility index (Phi) is 6.49. The number of hydrogen-bond acceptors (Lipinski definition) is 2. The maximum Gasteiger partial charge on any atom is 0.122 e. The van der Waals surface area contributed by atoms with Gasteiger partial charge in [-0.3, -0.25) is 0 Å². The number of halogens is 1. The lowest BCUT2D eigenvalue weighted by Crippen LogP contribution is -2.18. The Balaban J connectivity index is 0.00000192. The Labute approximate surface area is 145 Å². The van der Waals surface area contributed by atoms with E-state index in [9.17, 15) is 0 Å². The van der Waals surface area contributed by atoms with Gasteiger partial charge in [-0.1, -0.05) is 42.5 Å². The molecule has 0 aliphatic heterocycles. The third kappa shape index (κ3) is 5.56. The Morgan fingerprint density at radius 1 is 1.09 bits per heavy atom. The molecule has 1 saturated carbocycles. The summed E-state index contributed by atoms with van der Waals surface area (Å²) in [7, 11) is 0. The third-order valence-electron chi connectivity index (χ3n) is 4.09. The van der Waals surface area contributed by atoms with Crippen LogP contribution in [0.4, 0.5) is 0 Å². The first-order chi connectivity index (χ1) is 10.7. The van der Waals surface area contributed by atoms with Crippen molar-refractivity contribution in [2.24, 2.45) is 11.7 Å². The number of benzene rings is 2. The van der Waals surface area contributed by atoms with E-state index in [1.807, 2.05) is 0 Å². The molecule has 3 rings (SSSR count). The average molecular weight is 332 g/mol. The van der Waals surface area contributed by atoms with Crippen molar-refractivity contribution < 1.29 is 4.74 Å². The molecular weight excluding hydrogens is 306 g/mol. The quantitative estimate of drug-likeness (QED) is 0.817. The fourth-order valence-corrected chi connectivity index (χ4v) is 2.71. The standard InChI is InChI=1S/C20H25NO.ClH/c1-15(21)11-19-13-18(12-16-5-3-2-4-6-16)9-10-20(19)22-14-17-7-8-17;/h2-6,9-10,13,15,17H,7-8,11-12,14,21H2,1H3;1H. The highest BCUT2D eigenvalue weighted by Crippen LogP contribution is 2.31. The van der Waals surface area contributed by atoms with E-state index >= 15 is 0 Å². The smallest absolute Gasteiger partial charge is 0.122 e. The van der Waals surface area contributed by atoms with E-state index < -0.39 is 0 Å². The van der Waals surface area contributed by atoms with Crippen LogP contribution < -0.4 is 10.5 Å². The van der Waals surface area contributed by atoms with E-state index in [1.165, 1.54) is 29.5 Å². The van der Waals surface area contributed by atoms with Crippen LogP contribution in [0.3, 0.4) is 0 Å². The fourth-order valence-electron chi connectivity index (χ4n) is 2.71. The van der Waals surface area contributed by atoms with Gasteiger partial charge in [-0.2, -0.15) is 0 Å². The summed E-state index contributed by atoms with van der Waals surface area (Å²) in [6.45, 7) is 2.90. The molecule has 2 N–H and O–H groups in total. The molecule has 2 aromatic carbocycles. The van der Waals surface area contributed by atoms with E-state index in [1.54, 1.807) is 0 Å². The van der Waals surface area contributed by atoms with Crippen LogP contribution in [0.5, 0.6) is 5.75 Å². The van der Waals surface area contributed by atoms with Crippen LogP contribution in [0.1, 0.15) is 36.5 Å². The van der Waals surface area contributed by atoms with Crippen LogP contribution in [0.25, 0.3) is 0 Å². The van der Waals surface area contributed by atoms with Crippen molar-refractivity contribution in [2.45, 2.75) is 38.6 Å². The van der Waals surface area contributed by atoms with Crippen molar-refractivity contribution in [3.8, 4) is 5.75 Å². The van der Waals surface area contributed by atoms with Gasteiger partial charge in [-0.05, 0) is 61.3 Å². The molecule has 1 aliphatic rings. The summed E-state index contributed by atoms with van der Waals surface area (Å²) in [6.07, 6.45) is 4.45. The summed E-state index contributed by atoms with van der Waals surface area (Å²) in [4.78, 5) is 0. The minimum Gasteiger partial charge on any atom is -0.493 e. The van der Waals surface area contributed by atoms with E-state index in [2.05, 4.69) is 55.5 Å². The van der Waals surface area contributed by atoms with Gasteiger partial charge in [-0.15, -0.1) is 12.4 Å². The summed E-state index contributed by atoms with van der Waals surface area (Å²) >= 11 is 0. The van der Waals surface area contributed by atoms with Crippen molar-refractivity contribution in [2.75, 3.05) is 6.61 Å². The molecule has 1 aliphatic carbocycles. The molecule has 0 aromatic heterocycles. The molecule has 0 saturated heterocycles. The summed E-state index contributed by atoms with van der Waals surface area (Å²) in [5.41, 5.74) is 9.90. The van der Waals surface area contributed by atoms with E-state index in [0.29, 0.717) is 0 Å². The SMILES string of the molecule is CC(N)Cc1cc(Cc2ccccc2)ccc1OCC1CC1.Cl. The summed E-state index contributed by atoms with van der Waals surface area (Å²) in [5, 5.41) is 0. The zero-order valence-corrected chi connectivity index (χ0v) is 14.5. The zero-order valence-electron chi connectivity index (χ0n) is 13.7. The predicted molar refractivity (Wildman–Crippen MR) is 98.5 cm³/mol. The Morgan fingerprint density at radius 3 is 2.48 bits per heavy atom. The summed E-state index contributed by atoms with van der Waals surface area (Å²) in [5.74, 6) is 1.79. The molecule has 0 spiro atoms. The number of rotatable bonds is 7. The highest BCUT2D eigenvalue weighted by molar-refractivity contribution is 5.85. The molecular formula is C20H26ClNO. The summed E-state index contributed by atoms with van der Waals surface area (Å²) in [6, 6.07) is 17.3. The molecule has 0 bridgehead atoms. The van der Waals surface area contributed by atoms with Gasteiger partial charge in [0.2, 0.25) is 0 Å². The van der Waals surface area contributed by atoms with Gasteiger partial charge < -0.3 is 10.5 Å². The van der Waals surface area contributed by atoms with Crippen LogP contribution in [0.15, 0.2) is 48.5 Å². The van der Waals surface area contributed by atoms with Crippen LogP contribution in [-0.4, -0.2) is 12.6 Å². The third-order valence-corrected chi connectivity index (χ3v) is 4.09. The number of nitrogens with two attached hydrogens (primary N) is 1. The maximum atomic E-state index is 6.01. The first-order valence-electron chi connectivity index (χ1n) is 8.25. The van der Waals surface area contributed by atoms with Crippen LogP contribution in [-0.2, 0) is 12.8 Å². The van der Waals surface area contributed by atoms with Crippen molar-refractivity contribution in [1.29, 1.82) is 0 Å². The summed E-state index contributed by atoms with van der Waals surface area (Å²) < 4.78 is 6.01. The fraction of sp³-hybridized carbons (Fsp3) is 0.400. The molecule has 0 amide bonds. The molecule has 3 heteroatoms. The average Bonchev–Trinajstić information content (AvgIpc) is 3.31. The second-order valence-corrected chi connectivity index (χ2v) is 6.54. The monoisotopic (exact) mass is 331 g/mol. The second kappa shape index (κ2) is 8.37. The highest BCUT2D eigenvalue weighted by atomic mass is 35.5. The van der Waals surface area contributed by atoms with Crippen molar-refractivity contribution in [3.05, 3.63) is 65.2 Å². The van der Waals surface area contributed by atoms with Gasteiger partial charge in [0.05, 0.1) is 6.61 Å². The normalized spacial score (nSPS) is 14.9. The lowest BCUT2D eigenvalue weighted by atomic mass is 9.99. The largest absolute Gasteiger partial charge is 0.493 e. The van der Waals surface area contributed by atoms with Crippen molar-refractivity contribution in [1.82, 2.24) is 0 Å². The van der Waals surface area contributed by atoms with Gasteiger partial charge >= 0.3 is 0 Å². The minimum absolute atomic E-state index is 0. The number of ether oxygens (including phenoxy) is 1. The minimum atomic E-state index is 0. The van der Waals surface area contributed by atoms with Gasteiger partial charge in [0.25, 0.3) is 0 Å². The van der Waals surface area contributed by atoms with Gasteiger partial charge in [0.1, 0.15) is 5.75 Å². The molecule has 23 heavy (non-hydrogen) atoms. The van der Waals surface area contributed by atoms with Crippen molar-refractivity contribution >= 4 is 12.4 Å². The van der Waals surface area contributed by atoms with Crippen LogP contribution in [0.2, 0.25) is 0 Å². The lowest BCUT2D eigenvalue weighted by molar-refractivity contribution is 0.296. The second-order valence-electron chi connectivity index (χ2n) is 6.54. The lowest BCUT2D eigenvalue weighted by Gasteiger charge is -2.15. The van der Waals surface area contributed by atoms with E-state index in [4.69, 9.17) is 10.5 Å². The molecule has 2 nitrogen and oxygen atoms in total. The Morgan fingerprint density at radius 2 is 1.83 bits per heavy atom. The molecule has 1 unspecified atom stereocenters. The Hall–Kier alpha value is -1.51. The van der Waals surface area contributed by atoms with Crippen molar-refractivity contribution in [3.63, 3.8) is 0 Å². The zero-order chi connectivity index (χ0) is 15.4. The molecule has 1 atom stereocenters. The first kappa shape index (κ1) is 17.8. The Bertz CT molecular complexity index is 608. The van der Waals surface area contributed by atoms with Crippen LogP contribution in [0, 0.1) is 5.92 Å². The maximum absolute atomic E-state index is 6.01. The van der Waals surface area contributed by atoms with Gasteiger partial charge in [-0.25, -0.2) is 0 Å². The molecule has 1 fully saturated rings. The first-order valence-corrected chi connectivity index (χ1v) is 8.25. The van der Waals surface area contributed by atoms with E-state index in [-0.39, 0.29) is 18.4 Å². The number of hydrogen-bond donors (Lipinski definition) is 1. The van der Waals surface area contributed by atoms with Gasteiger partial charge in [0, 0.05) is 6.04 Å². The van der Waals surface area contributed by atoms with E-state index in [0.717, 1.165) is 31.1 Å². The topological polar surface area (TPSA) is 35.2 Å². The molecule has 0 heterocycles.